The van der Waals surface area contributed by atoms with E-state index in [4.69, 9.17) is 0 Å². The van der Waals surface area contributed by atoms with Crippen LogP contribution in [0.1, 0.15) is 40.0 Å². The first kappa shape index (κ1) is 17.2. The van der Waals surface area contributed by atoms with Crippen LogP contribution in [-0.2, 0) is 9.84 Å². The predicted octanol–water partition coefficient (Wildman–Crippen LogP) is 1.17. The molecule has 0 aliphatic carbocycles. The second-order valence-corrected chi connectivity index (χ2v) is 6.60. The fourth-order valence-corrected chi connectivity index (χ4v) is 2.07. The Morgan fingerprint density at radius 2 is 1.83 bits per heavy atom. The molecule has 0 atom stereocenters. The minimum absolute atomic E-state index is 0.156. The predicted molar refractivity (Wildman–Crippen MR) is 77.8 cm³/mol. The van der Waals surface area contributed by atoms with Crippen molar-refractivity contribution in [2.45, 2.75) is 40.0 Å². The normalized spacial score (nSPS) is 12.5. The number of hydrogen-bond acceptors (Lipinski definition) is 3. The van der Waals surface area contributed by atoms with Crippen molar-refractivity contribution in [1.82, 2.24) is 10.6 Å². The number of unbranched alkanes of at least 4 members (excludes halogenated alkanes) is 2. The summed E-state index contributed by atoms with van der Waals surface area (Å²) < 4.78 is 22.7. The lowest BCUT2D eigenvalue weighted by Gasteiger charge is -2.11. The Bertz CT molecular complexity index is 326. The third-order valence-electron chi connectivity index (χ3n) is 2.52. The van der Waals surface area contributed by atoms with Crippen molar-refractivity contribution in [3.8, 4) is 0 Å². The minimum Gasteiger partial charge on any atom is -0.357 e. The highest BCUT2D eigenvalue weighted by Gasteiger charge is 2.06. The molecule has 0 spiro atoms. The van der Waals surface area contributed by atoms with Gasteiger partial charge < -0.3 is 10.6 Å². The van der Waals surface area contributed by atoms with Crippen LogP contribution in [0.25, 0.3) is 0 Å². The van der Waals surface area contributed by atoms with Gasteiger partial charge in [-0.1, -0.05) is 26.7 Å². The van der Waals surface area contributed by atoms with Crippen molar-refractivity contribution in [3.05, 3.63) is 0 Å². The molecule has 0 saturated heterocycles. The standard InChI is InChI=1S/C12H27N3O2S/c1-4-7-8-9-14-12(13-5-2)15-10-11-18(16,17)6-3/h4-11H2,1-3H3,(H2,13,14,15). The molecule has 2 N–H and O–H groups in total. The molecule has 0 rings (SSSR count). The highest BCUT2D eigenvalue weighted by atomic mass is 32.2. The van der Waals surface area contributed by atoms with Gasteiger partial charge in [-0.05, 0) is 13.3 Å². The van der Waals surface area contributed by atoms with Crippen LogP contribution in [0.15, 0.2) is 4.99 Å². The van der Waals surface area contributed by atoms with E-state index in [0.717, 1.165) is 19.5 Å². The summed E-state index contributed by atoms with van der Waals surface area (Å²) in [5, 5.41) is 6.16. The van der Waals surface area contributed by atoms with Gasteiger partial charge in [-0.25, -0.2) is 8.42 Å². The number of hydrogen-bond donors (Lipinski definition) is 2. The molecule has 0 amide bonds. The molecule has 108 valence electrons. The van der Waals surface area contributed by atoms with Crippen molar-refractivity contribution in [2.75, 3.05) is 31.1 Å². The quantitative estimate of drug-likeness (QED) is 0.377. The molecule has 0 bridgehead atoms. The summed E-state index contributed by atoms with van der Waals surface area (Å²) >= 11 is 0. The zero-order chi connectivity index (χ0) is 13.9. The van der Waals surface area contributed by atoms with Crippen molar-refractivity contribution >= 4 is 15.8 Å². The second-order valence-electron chi connectivity index (χ2n) is 4.13. The Labute approximate surface area is 111 Å². The number of sulfone groups is 1. The van der Waals surface area contributed by atoms with Gasteiger partial charge in [-0.15, -0.1) is 0 Å². The number of aliphatic imine (C=N–C) groups is 1. The summed E-state index contributed by atoms with van der Waals surface area (Å²) in [7, 11) is -2.90. The van der Waals surface area contributed by atoms with E-state index < -0.39 is 9.84 Å². The van der Waals surface area contributed by atoms with Gasteiger partial charge in [0, 0.05) is 25.4 Å². The first-order valence-corrected chi connectivity index (χ1v) is 8.60. The van der Waals surface area contributed by atoms with E-state index in [1.807, 2.05) is 6.92 Å². The molecular formula is C12H27N3O2S. The van der Waals surface area contributed by atoms with Gasteiger partial charge in [0.2, 0.25) is 0 Å². The van der Waals surface area contributed by atoms with Crippen LogP contribution in [0, 0.1) is 0 Å². The molecule has 0 aliphatic heterocycles. The van der Waals surface area contributed by atoms with Gasteiger partial charge in [0.05, 0.1) is 5.75 Å². The highest BCUT2D eigenvalue weighted by Crippen LogP contribution is 1.93. The number of nitrogens with zero attached hydrogens (tertiary/aromatic N) is 1. The van der Waals surface area contributed by atoms with Gasteiger partial charge in [0.1, 0.15) is 0 Å². The summed E-state index contributed by atoms with van der Waals surface area (Å²) in [5.74, 6) is 1.06. The topological polar surface area (TPSA) is 70.6 Å². The summed E-state index contributed by atoms with van der Waals surface area (Å²) in [6, 6.07) is 0. The van der Waals surface area contributed by atoms with Gasteiger partial charge >= 0.3 is 0 Å². The number of rotatable bonds is 9. The first-order chi connectivity index (χ1) is 8.55. The zero-order valence-electron chi connectivity index (χ0n) is 11.8. The Balaban J connectivity index is 4.03. The van der Waals surface area contributed by atoms with Crippen LogP contribution in [0.3, 0.4) is 0 Å². The van der Waals surface area contributed by atoms with E-state index in [0.29, 0.717) is 12.5 Å². The van der Waals surface area contributed by atoms with Crippen LogP contribution in [-0.4, -0.2) is 45.5 Å². The fraction of sp³-hybridized carbons (Fsp3) is 0.917. The van der Waals surface area contributed by atoms with E-state index in [9.17, 15) is 8.42 Å². The first-order valence-electron chi connectivity index (χ1n) is 6.78. The number of nitrogens with one attached hydrogen (secondary N) is 2. The van der Waals surface area contributed by atoms with Crippen LogP contribution >= 0.6 is 0 Å². The van der Waals surface area contributed by atoms with Crippen LogP contribution in [0.4, 0.5) is 0 Å². The third kappa shape index (κ3) is 9.27. The molecule has 5 nitrogen and oxygen atoms in total. The number of guanidine groups is 1. The maximum Gasteiger partial charge on any atom is 0.191 e. The Morgan fingerprint density at radius 1 is 1.11 bits per heavy atom. The lowest BCUT2D eigenvalue weighted by molar-refractivity contribution is 0.595. The Kier molecular flexibility index (Phi) is 9.73. The van der Waals surface area contributed by atoms with Gasteiger partial charge in [-0.3, -0.25) is 4.99 Å². The van der Waals surface area contributed by atoms with Gasteiger partial charge in [0.15, 0.2) is 15.8 Å². The largest absolute Gasteiger partial charge is 0.357 e. The van der Waals surface area contributed by atoms with E-state index in [2.05, 4.69) is 22.5 Å². The lowest BCUT2D eigenvalue weighted by Crippen LogP contribution is -2.39. The second kappa shape index (κ2) is 10.2. The van der Waals surface area contributed by atoms with Crippen molar-refractivity contribution < 1.29 is 8.42 Å². The summed E-state index contributed by atoms with van der Waals surface area (Å²) in [6.45, 7) is 7.79. The minimum atomic E-state index is -2.90. The smallest absolute Gasteiger partial charge is 0.191 e. The molecular weight excluding hydrogens is 250 g/mol. The SMILES string of the molecule is CCCCCN=C(NCC)NCCS(=O)(=O)CC. The van der Waals surface area contributed by atoms with E-state index in [-0.39, 0.29) is 11.5 Å². The molecule has 18 heavy (non-hydrogen) atoms. The van der Waals surface area contributed by atoms with Gasteiger partial charge in [0.25, 0.3) is 0 Å². The summed E-state index contributed by atoms with van der Waals surface area (Å²) in [5.41, 5.74) is 0. The fourth-order valence-electron chi connectivity index (χ4n) is 1.36. The molecule has 0 saturated carbocycles. The molecule has 6 heteroatoms. The maximum absolute atomic E-state index is 11.3. The third-order valence-corrected chi connectivity index (χ3v) is 4.23. The Morgan fingerprint density at radius 3 is 2.39 bits per heavy atom. The molecule has 0 aromatic heterocycles. The van der Waals surface area contributed by atoms with Crippen LogP contribution in [0.5, 0.6) is 0 Å². The molecule has 0 unspecified atom stereocenters. The van der Waals surface area contributed by atoms with Crippen molar-refractivity contribution in [2.24, 2.45) is 4.99 Å². The van der Waals surface area contributed by atoms with Gasteiger partial charge in [-0.2, -0.15) is 0 Å². The molecule has 0 aromatic carbocycles. The average Bonchev–Trinajstić information content (AvgIpc) is 2.34. The monoisotopic (exact) mass is 277 g/mol. The molecule has 0 aromatic rings. The molecule has 0 heterocycles. The summed E-state index contributed by atoms with van der Waals surface area (Å²) in [6.07, 6.45) is 3.42. The van der Waals surface area contributed by atoms with Crippen molar-refractivity contribution in [3.63, 3.8) is 0 Å². The van der Waals surface area contributed by atoms with E-state index >= 15 is 0 Å². The van der Waals surface area contributed by atoms with Crippen LogP contribution in [0.2, 0.25) is 0 Å². The summed E-state index contributed by atoms with van der Waals surface area (Å²) in [4.78, 5) is 4.40. The van der Waals surface area contributed by atoms with Crippen LogP contribution < -0.4 is 10.6 Å². The lowest BCUT2D eigenvalue weighted by atomic mass is 10.2. The highest BCUT2D eigenvalue weighted by molar-refractivity contribution is 7.91. The molecule has 0 aliphatic rings. The average molecular weight is 277 g/mol. The maximum atomic E-state index is 11.3. The zero-order valence-corrected chi connectivity index (χ0v) is 12.6. The van der Waals surface area contributed by atoms with E-state index in [1.165, 1.54) is 12.8 Å². The molecule has 0 radical (unpaired) electrons. The Hall–Kier alpha value is -0.780. The van der Waals surface area contributed by atoms with Crippen molar-refractivity contribution in [1.29, 1.82) is 0 Å². The molecule has 0 fully saturated rings. The van der Waals surface area contributed by atoms with E-state index in [1.54, 1.807) is 6.92 Å².